The fourth-order valence-electron chi connectivity index (χ4n) is 3.64. The SMILES string of the molecule is Cc1cc(-c2ccccc2Br)on1.Cc1cc(-c2ccccc2C)on1.Cc1cc(-c2ccccc2Cl)on1. The van der Waals surface area contributed by atoms with Crippen LogP contribution >= 0.6 is 27.5 Å². The highest BCUT2D eigenvalue weighted by atomic mass is 79.9. The first-order valence-corrected chi connectivity index (χ1v) is 13.3. The molecule has 0 aliphatic carbocycles. The van der Waals surface area contributed by atoms with Crippen molar-refractivity contribution >= 4 is 27.5 Å². The standard InChI is InChI=1S/C11H11NO.C10H8BrNO.C10H8ClNO/c1-8-5-3-4-6-10(8)11-7-9(2)12-13-11;2*1-7-6-10(13-12-7)8-4-2-3-5-9(8)11/h3-7H,1-2H3;2*2-6H,1H3. The van der Waals surface area contributed by atoms with Gasteiger partial charge in [-0.1, -0.05) is 91.5 Å². The summed E-state index contributed by atoms with van der Waals surface area (Å²) in [6.07, 6.45) is 0. The van der Waals surface area contributed by atoms with Crippen molar-refractivity contribution < 1.29 is 13.6 Å². The van der Waals surface area contributed by atoms with Gasteiger partial charge < -0.3 is 13.6 Å². The van der Waals surface area contributed by atoms with Crippen molar-refractivity contribution in [2.75, 3.05) is 0 Å². The van der Waals surface area contributed by atoms with E-state index in [0.29, 0.717) is 10.8 Å². The van der Waals surface area contributed by atoms with Gasteiger partial charge in [0.1, 0.15) is 0 Å². The van der Waals surface area contributed by atoms with E-state index in [1.54, 1.807) is 0 Å². The van der Waals surface area contributed by atoms with E-state index in [1.807, 2.05) is 106 Å². The number of aromatic nitrogens is 3. The van der Waals surface area contributed by atoms with Crippen molar-refractivity contribution in [3.8, 4) is 34.0 Å². The lowest BCUT2D eigenvalue weighted by Gasteiger charge is -1.98. The Labute approximate surface area is 240 Å². The van der Waals surface area contributed by atoms with Crippen LogP contribution in [0.1, 0.15) is 22.6 Å². The van der Waals surface area contributed by atoms with E-state index >= 15 is 0 Å². The molecule has 0 spiro atoms. The lowest BCUT2D eigenvalue weighted by atomic mass is 10.1. The van der Waals surface area contributed by atoms with E-state index in [-0.39, 0.29) is 0 Å². The number of hydrogen-bond donors (Lipinski definition) is 0. The molecule has 8 heteroatoms. The maximum absolute atomic E-state index is 5.98. The Morgan fingerprint density at radius 1 is 0.538 bits per heavy atom. The first-order valence-electron chi connectivity index (χ1n) is 12.2. The molecule has 39 heavy (non-hydrogen) atoms. The van der Waals surface area contributed by atoms with Gasteiger partial charge in [-0.05, 0) is 57.5 Å². The number of rotatable bonds is 3. The van der Waals surface area contributed by atoms with Crippen LogP contribution in [0, 0.1) is 27.7 Å². The van der Waals surface area contributed by atoms with E-state index in [0.717, 1.165) is 49.8 Å². The Morgan fingerprint density at radius 2 is 0.949 bits per heavy atom. The van der Waals surface area contributed by atoms with Gasteiger partial charge in [-0.15, -0.1) is 0 Å². The predicted octanol–water partition coefficient (Wildman–Crippen LogP) is 9.67. The maximum Gasteiger partial charge on any atom is 0.168 e. The first kappa shape index (κ1) is 28.1. The number of benzene rings is 3. The quantitative estimate of drug-likeness (QED) is 0.200. The third-order valence-electron chi connectivity index (χ3n) is 5.57. The molecular formula is C31H27BrClN3O3. The molecule has 0 saturated carbocycles. The van der Waals surface area contributed by atoms with Crippen molar-refractivity contribution in [3.05, 3.63) is 123 Å². The van der Waals surface area contributed by atoms with E-state index in [1.165, 1.54) is 5.56 Å². The van der Waals surface area contributed by atoms with Gasteiger partial charge in [0.05, 0.1) is 22.1 Å². The molecule has 0 radical (unpaired) electrons. The molecule has 3 heterocycles. The zero-order chi connectivity index (χ0) is 27.8. The highest BCUT2D eigenvalue weighted by molar-refractivity contribution is 9.10. The summed E-state index contributed by atoms with van der Waals surface area (Å²) in [6, 6.07) is 29.3. The molecule has 6 rings (SSSR count). The van der Waals surface area contributed by atoms with E-state index in [4.69, 9.17) is 25.2 Å². The van der Waals surface area contributed by atoms with Gasteiger partial charge in [-0.25, -0.2) is 0 Å². The largest absolute Gasteiger partial charge is 0.356 e. The third-order valence-corrected chi connectivity index (χ3v) is 6.59. The molecule has 6 aromatic rings. The van der Waals surface area contributed by atoms with Gasteiger partial charge in [0, 0.05) is 39.4 Å². The molecule has 0 amide bonds. The van der Waals surface area contributed by atoms with Crippen LogP contribution in [0.3, 0.4) is 0 Å². The van der Waals surface area contributed by atoms with Crippen LogP contribution in [-0.2, 0) is 0 Å². The summed E-state index contributed by atoms with van der Waals surface area (Å²) in [7, 11) is 0. The second-order valence-corrected chi connectivity index (χ2v) is 10.0. The van der Waals surface area contributed by atoms with Crippen molar-refractivity contribution in [2.45, 2.75) is 27.7 Å². The summed E-state index contributed by atoms with van der Waals surface area (Å²) in [5, 5.41) is 12.2. The van der Waals surface area contributed by atoms with Gasteiger partial charge >= 0.3 is 0 Å². The second-order valence-electron chi connectivity index (χ2n) is 8.77. The number of nitrogens with zero attached hydrogens (tertiary/aromatic N) is 3. The summed E-state index contributed by atoms with van der Waals surface area (Å²) in [4.78, 5) is 0. The molecule has 0 aliphatic rings. The van der Waals surface area contributed by atoms with Crippen LogP contribution in [0.25, 0.3) is 34.0 Å². The highest BCUT2D eigenvalue weighted by Crippen LogP contribution is 2.29. The molecule has 6 nitrogen and oxygen atoms in total. The molecular weight excluding hydrogens is 578 g/mol. The van der Waals surface area contributed by atoms with Crippen LogP contribution in [0.2, 0.25) is 5.02 Å². The summed E-state index contributed by atoms with van der Waals surface area (Å²) < 4.78 is 16.4. The van der Waals surface area contributed by atoms with Crippen molar-refractivity contribution in [1.82, 2.24) is 15.5 Å². The van der Waals surface area contributed by atoms with Crippen LogP contribution in [0.5, 0.6) is 0 Å². The molecule has 0 fully saturated rings. The lowest BCUT2D eigenvalue weighted by Crippen LogP contribution is -1.78. The Bertz CT molecular complexity index is 1460. The van der Waals surface area contributed by atoms with Gasteiger partial charge in [0.15, 0.2) is 17.3 Å². The number of halogens is 2. The van der Waals surface area contributed by atoms with Crippen molar-refractivity contribution in [3.63, 3.8) is 0 Å². The zero-order valence-electron chi connectivity index (χ0n) is 22.0. The van der Waals surface area contributed by atoms with Crippen LogP contribution in [0.15, 0.2) is 109 Å². The van der Waals surface area contributed by atoms with Crippen molar-refractivity contribution in [2.24, 2.45) is 0 Å². The van der Waals surface area contributed by atoms with Gasteiger partial charge in [-0.3, -0.25) is 0 Å². The minimum Gasteiger partial charge on any atom is -0.356 e. The van der Waals surface area contributed by atoms with Gasteiger partial charge in [0.2, 0.25) is 0 Å². The number of hydrogen-bond acceptors (Lipinski definition) is 6. The average molecular weight is 605 g/mol. The normalized spacial score (nSPS) is 10.3. The minimum absolute atomic E-state index is 0.679. The van der Waals surface area contributed by atoms with E-state index in [9.17, 15) is 0 Å². The second kappa shape index (κ2) is 13.2. The Kier molecular flexibility index (Phi) is 9.52. The Hall–Kier alpha value is -3.94. The van der Waals surface area contributed by atoms with E-state index in [2.05, 4.69) is 44.4 Å². The van der Waals surface area contributed by atoms with Crippen LogP contribution < -0.4 is 0 Å². The molecule has 0 atom stereocenters. The molecule has 0 aliphatic heterocycles. The maximum atomic E-state index is 5.98. The zero-order valence-corrected chi connectivity index (χ0v) is 24.3. The van der Waals surface area contributed by atoms with Crippen LogP contribution in [-0.4, -0.2) is 15.5 Å². The summed E-state index contributed by atoms with van der Waals surface area (Å²) in [6.45, 7) is 7.77. The lowest BCUT2D eigenvalue weighted by molar-refractivity contribution is 0.427. The summed E-state index contributed by atoms with van der Waals surface area (Å²) >= 11 is 9.43. The molecule has 0 bridgehead atoms. The first-order chi connectivity index (χ1) is 18.8. The molecule has 0 N–H and O–H groups in total. The molecule has 3 aromatic carbocycles. The predicted molar refractivity (Wildman–Crippen MR) is 157 cm³/mol. The average Bonchev–Trinajstić information content (AvgIpc) is 3.67. The minimum atomic E-state index is 0.679. The van der Waals surface area contributed by atoms with Gasteiger partial charge in [0.25, 0.3) is 0 Å². The molecule has 0 saturated heterocycles. The number of aryl methyl sites for hydroxylation is 4. The van der Waals surface area contributed by atoms with Crippen molar-refractivity contribution in [1.29, 1.82) is 0 Å². The monoisotopic (exact) mass is 603 g/mol. The Balaban J connectivity index is 0.000000136. The van der Waals surface area contributed by atoms with Crippen LogP contribution in [0.4, 0.5) is 0 Å². The summed E-state index contributed by atoms with van der Waals surface area (Å²) in [5.41, 5.74) is 6.90. The van der Waals surface area contributed by atoms with E-state index < -0.39 is 0 Å². The van der Waals surface area contributed by atoms with Gasteiger partial charge in [-0.2, -0.15) is 0 Å². The smallest absolute Gasteiger partial charge is 0.168 e. The molecule has 0 unspecified atom stereocenters. The fraction of sp³-hybridized carbons (Fsp3) is 0.129. The molecule has 3 aromatic heterocycles. The Morgan fingerprint density at radius 3 is 1.41 bits per heavy atom. The third kappa shape index (κ3) is 7.56. The highest BCUT2D eigenvalue weighted by Gasteiger charge is 2.08. The molecule has 198 valence electrons. The summed E-state index contributed by atoms with van der Waals surface area (Å²) in [5.74, 6) is 2.35. The fourth-order valence-corrected chi connectivity index (χ4v) is 4.35. The topological polar surface area (TPSA) is 78.1 Å².